The van der Waals surface area contributed by atoms with Gasteiger partial charge in [-0.3, -0.25) is 20.4 Å². The molecule has 0 unspecified atom stereocenters. The number of rotatable bonds is 4. The van der Waals surface area contributed by atoms with Gasteiger partial charge >= 0.3 is 0 Å². The van der Waals surface area contributed by atoms with E-state index >= 15 is 0 Å². The van der Waals surface area contributed by atoms with Gasteiger partial charge in [-0.05, 0) is 35.2 Å². The van der Waals surface area contributed by atoms with Crippen molar-refractivity contribution in [1.82, 2.24) is 25.4 Å². The number of hydrogen-bond acceptors (Lipinski definition) is 5. The summed E-state index contributed by atoms with van der Waals surface area (Å²) in [5, 5.41) is 1.89. The van der Waals surface area contributed by atoms with Crippen LogP contribution in [0.1, 0.15) is 36.7 Å². The van der Waals surface area contributed by atoms with Crippen molar-refractivity contribution in [3.05, 3.63) is 70.5 Å². The zero-order valence-electron chi connectivity index (χ0n) is 17.5. The second-order valence-electron chi connectivity index (χ2n) is 8.21. The van der Waals surface area contributed by atoms with Crippen LogP contribution < -0.4 is 10.9 Å². The van der Waals surface area contributed by atoms with Gasteiger partial charge in [0.1, 0.15) is 12.2 Å². The van der Waals surface area contributed by atoms with Crippen molar-refractivity contribution < 1.29 is 9.59 Å². The monoisotopic (exact) mass is 433 g/mol. The van der Waals surface area contributed by atoms with Crippen LogP contribution >= 0.6 is 11.3 Å². The molecule has 0 radical (unpaired) electrons. The van der Waals surface area contributed by atoms with Gasteiger partial charge in [-0.15, -0.1) is 11.3 Å². The molecule has 2 aromatic carbocycles. The minimum Gasteiger partial charge on any atom is -0.313 e. The van der Waals surface area contributed by atoms with Crippen LogP contribution in [0.25, 0.3) is 22.6 Å². The highest BCUT2D eigenvalue weighted by Gasteiger charge is 2.17. The fourth-order valence-electron chi connectivity index (χ4n) is 3.26. The number of para-hydroxylation sites is 2. The Labute approximate surface area is 184 Å². The molecule has 158 valence electrons. The molecule has 31 heavy (non-hydrogen) atoms. The van der Waals surface area contributed by atoms with Gasteiger partial charge in [0.25, 0.3) is 11.8 Å². The molecule has 0 aliphatic carbocycles. The van der Waals surface area contributed by atoms with Crippen molar-refractivity contribution in [2.24, 2.45) is 0 Å². The summed E-state index contributed by atoms with van der Waals surface area (Å²) in [5.41, 5.74) is 10.6. The number of aromatic nitrogens is 3. The summed E-state index contributed by atoms with van der Waals surface area (Å²) in [6, 6.07) is 15.0. The number of carbonyl (C=O) groups excluding carboxylic acids is 2. The molecule has 2 heterocycles. The largest absolute Gasteiger partial charge is 0.313 e. The zero-order valence-corrected chi connectivity index (χ0v) is 18.4. The highest BCUT2D eigenvalue weighted by Crippen LogP contribution is 2.24. The van der Waals surface area contributed by atoms with Crippen LogP contribution in [0.3, 0.4) is 0 Å². The number of amides is 2. The number of imidazole rings is 1. The first-order valence-corrected chi connectivity index (χ1v) is 10.8. The lowest BCUT2D eigenvalue weighted by molar-refractivity contribution is -0.122. The highest BCUT2D eigenvalue weighted by atomic mass is 32.1. The lowest BCUT2D eigenvalue weighted by Crippen LogP contribution is -2.43. The van der Waals surface area contributed by atoms with Crippen molar-refractivity contribution >= 4 is 34.2 Å². The van der Waals surface area contributed by atoms with E-state index in [1.807, 2.05) is 41.8 Å². The average Bonchev–Trinajstić information content (AvgIpc) is 3.40. The molecule has 7 nitrogen and oxygen atoms in total. The maximum Gasteiger partial charge on any atom is 0.269 e. The van der Waals surface area contributed by atoms with Crippen molar-refractivity contribution in [2.45, 2.75) is 32.7 Å². The summed E-state index contributed by atoms with van der Waals surface area (Å²) in [5.74, 6) is -0.120. The number of nitrogens with zero attached hydrogens (tertiary/aromatic N) is 3. The van der Waals surface area contributed by atoms with E-state index in [9.17, 15) is 9.59 Å². The molecule has 4 rings (SSSR count). The smallest absolute Gasteiger partial charge is 0.269 e. The second kappa shape index (κ2) is 8.31. The van der Waals surface area contributed by atoms with Crippen LogP contribution in [0.4, 0.5) is 0 Å². The van der Waals surface area contributed by atoms with Crippen molar-refractivity contribution in [1.29, 1.82) is 0 Å². The Balaban J connectivity index is 1.46. The molecule has 4 aromatic rings. The molecule has 0 atom stereocenters. The SMILES string of the molecule is CC(C)(C)c1ccc(C(=O)NNC(=O)Cn2c(-c3cscn3)nc3ccccc32)cc1. The predicted octanol–water partition coefficient (Wildman–Crippen LogP) is 3.92. The van der Waals surface area contributed by atoms with Gasteiger partial charge in [0, 0.05) is 10.9 Å². The molecule has 0 bridgehead atoms. The minimum absolute atomic E-state index is 0.00336. The van der Waals surface area contributed by atoms with Crippen LogP contribution in [-0.2, 0) is 16.8 Å². The van der Waals surface area contributed by atoms with Crippen LogP contribution in [0.5, 0.6) is 0 Å². The maximum atomic E-state index is 12.6. The van der Waals surface area contributed by atoms with Gasteiger partial charge in [-0.25, -0.2) is 9.97 Å². The van der Waals surface area contributed by atoms with E-state index < -0.39 is 0 Å². The Morgan fingerprint density at radius 3 is 2.45 bits per heavy atom. The number of hydrazine groups is 1. The van der Waals surface area contributed by atoms with Crippen LogP contribution in [0, 0.1) is 0 Å². The molecule has 2 aromatic heterocycles. The van der Waals surface area contributed by atoms with Gasteiger partial charge in [0.15, 0.2) is 5.82 Å². The molecular weight excluding hydrogens is 410 g/mol. The first-order chi connectivity index (χ1) is 14.8. The van der Waals surface area contributed by atoms with Crippen molar-refractivity contribution in [3.8, 4) is 11.5 Å². The van der Waals surface area contributed by atoms with E-state index in [1.165, 1.54) is 11.3 Å². The fourth-order valence-corrected chi connectivity index (χ4v) is 3.79. The third-order valence-corrected chi connectivity index (χ3v) is 5.53. The van der Waals surface area contributed by atoms with Gasteiger partial charge in [0.05, 0.1) is 16.5 Å². The summed E-state index contributed by atoms with van der Waals surface area (Å²) in [4.78, 5) is 34.0. The standard InChI is InChI=1S/C23H23N5O2S/c1-23(2,3)16-10-8-15(9-11-16)22(30)27-26-20(29)12-28-19-7-5-4-6-17(19)25-21(28)18-13-31-14-24-18/h4-11,13-14H,12H2,1-3H3,(H,26,29)(H,27,30). The number of nitrogens with one attached hydrogen (secondary N) is 2. The number of thiazole rings is 1. The van der Waals surface area contributed by atoms with Gasteiger partial charge in [-0.1, -0.05) is 45.0 Å². The Morgan fingerprint density at radius 1 is 1.03 bits per heavy atom. The van der Waals surface area contributed by atoms with Gasteiger partial charge in [0.2, 0.25) is 0 Å². The van der Waals surface area contributed by atoms with E-state index in [0.29, 0.717) is 17.1 Å². The summed E-state index contributed by atoms with van der Waals surface area (Å²) in [6.45, 7) is 6.34. The van der Waals surface area contributed by atoms with Crippen LogP contribution in [-0.4, -0.2) is 26.3 Å². The van der Waals surface area contributed by atoms with E-state index in [4.69, 9.17) is 0 Å². The lowest BCUT2D eigenvalue weighted by atomic mass is 9.87. The first kappa shape index (κ1) is 20.7. The van der Waals surface area contributed by atoms with E-state index in [1.54, 1.807) is 22.2 Å². The van der Waals surface area contributed by atoms with Gasteiger partial charge < -0.3 is 4.57 Å². The first-order valence-electron chi connectivity index (χ1n) is 9.86. The molecule has 0 fully saturated rings. The summed E-state index contributed by atoms with van der Waals surface area (Å²) in [7, 11) is 0. The van der Waals surface area contributed by atoms with Crippen molar-refractivity contribution in [3.63, 3.8) is 0 Å². The molecule has 0 aliphatic rings. The average molecular weight is 434 g/mol. The summed E-state index contributed by atoms with van der Waals surface area (Å²) < 4.78 is 1.80. The topological polar surface area (TPSA) is 88.9 Å². The Kier molecular flexibility index (Phi) is 5.56. The second-order valence-corrected chi connectivity index (χ2v) is 8.93. The molecular formula is C23H23N5O2S. The predicted molar refractivity (Wildman–Crippen MR) is 122 cm³/mol. The maximum absolute atomic E-state index is 12.6. The van der Waals surface area contributed by atoms with Crippen LogP contribution in [0.15, 0.2) is 59.4 Å². The minimum atomic E-state index is -0.371. The Hall–Kier alpha value is -3.52. The molecule has 8 heteroatoms. The third kappa shape index (κ3) is 4.49. The molecule has 0 saturated carbocycles. The number of hydrogen-bond donors (Lipinski definition) is 2. The summed E-state index contributed by atoms with van der Waals surface area (Å²) >= 11 is 1.46. The fraction of sp³-hybridized carbons (Fsp3) is 0.217. The van der Waals surface area contributed by atoms with Crippen LogP contribution in [0.2, 0.25) is 0 Å². The Bertz CT molecular complexity index is 1220. The molecule has 2 amide bonds. The highest BCUT2D eigenvalue weighted by molar-refractivity contribution is 7.07. The molecule has 0 saturated heterocycles. The zero-order chi connectivity index (χ0) is 22.0. The quantitative estimate of drug-likeness (QED) is 0.478. The third-order valence-electron chi connectivity index (χ3n) is 4.95. The normalized spacial score (nSPS) is 11.5. The van der Waals surface area contributed by atoms with E-state index in [-0.39, 0.29) is 23.8 Å². The summed E-state index contributed by atoms with van der Waals surface area (Å²) in [6.07, 6.45) is 0. The number of benzene rings is 2. The number of fused-ring (bicyclic) bond motifs is 1. The molecule has 0 aliphatic heterocycles. The Morgan fingerprint density at radius 2 is 1.77 bits per heavy atom. The lowest BCUT2D eigenvalue weighted by Gasteiger charge is -2.19. The van der Waals surface area contributed by atoms with Gasteiger partial charge in [-0.2, -0.15) is 0 Å². The number of carbonyl (C=O) groups is 2. The molecule has 2 N–H and O–H groups in total. The van der Waals surface area contributed by atoms with Crippen molar-refractivity contribution in [2.75, 3.05) is 0 Å². The van der Waals surface area contributed by atoms with E-state index in [0.717, 1.165) is 16.6 Å². The molecule has 0 spiro atoms. The van der Waals surface area contributed by atoms with E-state index in [2.05, 4.69) is 41.6 Å².